The van der Waals surface area contributed by atoms with E-state index in [0.29, 0.717) is 24.0 Å². The lowest BCUT2D eigenvalue weighted by molar-refractivity contribution is -0.459. The maximum atomic E-state index is 14.0. The van der Waals surface area contributed by atoms with E-state index in [1.54, 1.807) is 54.6 Å². The van der Waals surface area contributed by atoms with E-state index in [1.165, 1.54) is 0 Å². The number of esters is 2. The molecule has 16 atom stereocenters. The molecule has 7 aliphatic rings. The molecule has 5 unspecified atom stereocenters. The monoisotopic (exact) mass is 774 g/mol. The number of carbonyl (C=O) groups excluding carboxylic acids is 2. The second-order valence-corrected chi connectivity index (χ2v) is 17.8. The number of ether oxygens (including phenoxy) is 6. The molecular weight excluding hydrogens is 720 g/mol. The van der Waals surface area contributed by atoms with Gasteiger partial charge in [0.2, 0.25) is 0 Å². The zero-order chi connectivity index (χ0) is 39.4. The van der Waals surface area contributed by atoms with E-state index in [0.717, 1.165) is 25.7 Å². The van der Waals surface area contributed by atoms with Crippen LogP contribution >= 0.6 is 0 Å². The summed E-state index contributed by atoms with van der Waals surface area (Å²) in [5.41, 5.74) is -5.58. The molecule has 3 aliphatic carbocycles. The highest BCUT2D eigenvalue weighted by Gasteiger charge is 2.91. The number of carbonyl (C=O) groups is 2. The van der Waals surface area contributed by atoms with Crippen molar-refractivity contribution < 1.29 is 58.4 Å². The van der Waals surface area contributed by atoms with Crippen molar-refractivity contribution in [3.63, 3.8) is 0 Å². The Kier molecular flexibility index (Phi) is 9.19. The van der Waals surface area contributed by atoms with E-state index in [9.17, 15) is 30.0 Å². The van der Waals surface area contributed by atoms with E-state index in [2.05, 4.69) is 13.5 Å². The minimum Gasteiger partial charge on any atom is -0.462 e. The van der Waals surface area contributed by atoms with Crippen LogP contribution in [-0.2, 0) is 28.4 Å². The summed E-state index contributed by atoms with van der Waals surface area (Å²) in [5, 5.41) is 50.1. The second kappa shape index (κ2) is 13.4. The Bertz CT molecular complexity index is 1860. The summed E-state index contributed by atoms with van der Waals surface area (Å²) in [6.45, 7) is 9.43. The van der Waals surface area contributed by atoms with Crippen molar-refractivity contribution >= 4 is 11.9 Å². The van der Waals surface area contributed by atoms with Gasteiger partial charge in [0, 0.05) is 17.8 Å². The summed E-state index contributed by atoms with van der Waals surface area (Å²) >= 11 is 0. The highest BCUT2D eigenvalue weighted by atomic mass is 16.9. The Morgan fingerprint density at radius 3 is 2.16 bits per heavy atom. The molecule has 12 nitrogen and oxygen atoms in total. The molecule has 4 N–H and O–H groups in total. The maximum absolute atomic E-state index is 14.0. The lowest BCUT2D eigenvalue weighted by Crippen LogP contribution is -2.75. The second-order valence-electron chi connectivity index (χ2n) is 17.8. The zero-order valence-corrected chi connectivity index (χ0v) is 32.3. The van der Waals surface area contributed by atoms with Gasteiger partial charge in [-0.2, -0.15) is 0 Å². The van der Waals surface area contributed by atoms with Crippen LogP contribution in [0.15, 0.2) is 72.8 Å². The van der Waals surface area contributed by atoms with E-state index < -0.39 is 107 Å². The summed E-state index contributed by atoms with van der Waals surface area (Å²) < 4.78 is 40.4. The van der Waals surface area contributed by atoms with Crippen LogP contribution in [0.2, 0.25) is 0 Å². The van der Waals surface area contributed by atoms with Crippen molar-refractivity contribution in [2.24, 2.45) is 35.5 Å². The average Bonchev–Trinajstić information content (AvgIpc) is 3.84. The zero-order valence-electron chi connectivity index (χ0n) is 32.3. The predicted molar refractivity (Wildman–Crippen MR) is 199 cm³/mol. The summed E-state index contributed by atoms with van der Waals surface area (Å²) in [6.07, 6.45) is -1.51. The molecule has 3 saturated carbocycles. The van der Waals surface area contributed by atoms with Crippen LogP contribution in [0.4, 0.5) is 0 Å². The van der Waals surface area contributed by atoms with E-state index in [4.69, 9.17) is 28.4 Å². The fourth-order valence-electron chi connectivity index (χ4n) is 12.4. The Hall–Kier alpha value is -3.20. The van der Waals surface area contributed by atoms with Gasteiger partial charge in [0.25, 0.3) is 0 Å². The molecular formula is C44H54O12. The number of aliphatic hydroxyl groups is 4. The third-order valence-corrected chi connectivity index (χ3v) is 14.9. The van der Waals surface area contributed by atoms with Gasteiger partial charge in [-0.25, -0.2) is 9.59 Å². The van der Waals surface area contributed by atoms with Gasteiger partial charge in [0.15, 0.2) is 0 Å². The number of aliphatic hydroxyl groups excluding tert-OH is 3. The highest BCUT2D eigenvalue weighted by molar-refractivity contribution is 5.90. The number of rotatable bonds is 7. The number of hydrogen-bond donors (Lipinski definition) is 4. The fourth-order valence-corrected chi connectivity index (χ4v) is 12.4. The smallest absolute Gasteiger partial charge is 0.338 e. The van der Waals surface area contributed by atoms with Crippen molar-refractivity contribution in [2.45, 2.75) is 125 Å². The van der Waals surface area contributed by atoms with Crippen molar-refractivity contribution in [2.75, 3.05) is 13.2 Å². The quantitative estimate of drug-likeness (QED) is 0.179. The number of benzene rings is 2. The normalized spacial score (nSPS) is 47.3. The number of hydrogen-bond acceptors (Lipinski definition) is 12. The summed E-state index contributed by atoms with van der Waals surface area (Å²) in [4.78, 5) is 27.7. The van der Waals surface area contributed by atoms with Crippen LogP contribution in [-0.4, -0.2) is 104 Å². The average molecular weight is 775 g/mol. The first-order chi connectivity index (χ1) is 26.8. The van der Waals surface area contributed by atoms with E-state index in [-0.39, 0.29) is 24.5 Å². The fraction of sp³-hybridized carbons (Fsp3) is 0.636. The molecule has 302 valence electrons. The Morgan fingerprint density at radius 1 is 0.875 bits per heavy atom. The van der Waals surface area contributed by atoms with Gasteiger partial charge in [-0.3, -0.25) is 0 Å². The SMILES string of the molecule is C=C(C)[C@]12C[C@@H](COC(=O)c3ccccc3)[C@@]34OC5(O[C@H]1[C@@H]3[C@@H]1O[C@]1(CO)[C@@H](O)[C@@]1(O)C4C(C(C)CCCCCCC5O)[C@H](C)[C@@H]1OC(=O)c1ccccc1)O2. The molecule has 12 heteroatoms. The standard InChI is InChI=1S/C44H54O12/c1-24(2)40-21-29(22-51-37(47)27-16-10-7-11-17-27)43-32-35(40)54-44(55-40,56-43)30(46)20-14-6-5-9-15-25(3)31-26(4)34(52-38(48)28-18-12-8-13-19-28)42(50,33(31)43)39(49)41(23-45)36(32)53-41/h7-8,10-13,16-19,25-26,29-36,39,45-46,49-50H,1,5-6,9,14-15,20-23H2,2-4H3/t25?,26-,29-,30?,31?,32+,33?,34-,35-,36-,39+,40+,41-,42+,43+,44?/m0/s1. The molecule has 9 rings (SSSR count). The van der Waals surface area contributed by atoms with Crippen LogP contribution in [0.1, 0.15) is 86.4 Å². The van der Waals surface area contributed by atoms with Gasteiger partial charge >= 0.3 is 17.9 Å². The summed E-state index contributed by atoms with van der Waals surface area (Å²) in [7, 11) is 0. The predicted octanol–water partition coefficient (Wildman–Crippen LogP) is 4.33. The third-order valence-electron chi connectivity index (χ3n) is 14.9. The van der Waals surface area contributed by atoms with Gasteiger partial charge in [0.05, 0.1) is 29.9 Å². The molecule has 7 fully saturated rings. The molecule has 4 aliphatic heterocycles. The van der Waals surface area contributed by atoms with Crippen molar-refractivity contribution in [1.82, 2.24) is 0 Å². The highest BCUT2D eigenvalue weighted by Crippen LogP contribution is 2.75. The molecule has 0 aromatic heterocycles. The lowest BCUT2D eigenvalue weighted by atomic mass is 9.51. The Balaban J connectivity index is 1.28. The molecule has 2 spiro atoms. The van der Waals surface area contributed by atoms with Crippen LogP contribution in [0, 0.1) is 35.5 Å². The van der Waals surface area contributed by atoms with Gasteiger partial charge < -0.3 is 48.8 Å². The van der Waals surface area contributed by atoms with Crippen LogP contribution in [0.25, 0.3) is 0 Å². The molecule has 4 heterocycles. The maximum Gasteiger partial charge on any atom is 0.338 e. The first-order valence-corrected chi connectivity index (χ1v) is 20.4. The minimum absolute atomic E-state index is 0.0865. The topological polar surface area (TPSA) is 174 Å². The van der Waals surface area contributed by atoms with Gasteiger partial charge in [-0.05, 0) is 67.4 Å². The molecule has 2 aromatic rings. The van der Waals surface area contributed by atoms with Crippen LogP contribution in [0.5, 0.6) is 0 Å². The Labute approximate surface area is 327 Å². The van der Waals surface area contributed by atoms with Gasteiger partial charge in [-0.15, -0.1) is 0 Å². The third kappa shape index (κ3) is 5.12. The van der Waals surface area contributed by atoms with Crippen molar-refractivity contribution in [3.05, 3.63) is 83.9 Å². The lowest BCUT2D eigenvalue weighted by Gasteiger charge is -2.62. The molecule has 3 bridgehead atoms. The van der Waals surface area contributed by atoms with Crippen LogP contribution < -0.4 is 0 Å². The molecule has 2 aromatic carbocycles. The number of fused-ring (bicyclic) bond motifs is 1. The molecule has 4 saturated heterocycles. The van der Waals surface area contributed by atoms with Gasteiger partial charge in [0.1, 0.15) is 47.3 Å². The van der Waals surface area contributed by atoms with Crippen LogP contribution in [0.3, 0.4) is 0 Å². The Morgan fingerprint density at radius 2 is 1.52 bits per heavy atom. The largest absolute Gasteiger partial charge is 0.462 e. The molecule has 0 radical (unpaired) electrons. The first-order valence-electron chi connectivity index (χ1n) is 20.4. The summed E-state index contributed by atoms with van der Waals surface area (Å²) in [6, 6.07) is 17.2. The van der Waals surface area contributed by atoms with E-state index in [1.807, 2.05) is 19.9 Å². The van der Waals surface area contributed by atoms with E-state index >= 15 is 0 Å². The van der Waals surface area contributed by atoms with Crippen molar-refractivity contribution in [1.29, 1.82) is 0 Å². The minimum atomic E-state index is -2.27. The number of epoxide rings is 1. The molecule has 0 amide bonds. The molecule has 56 heavy (non-hydrogen) atoms. The first kappa shape index (κ1) is 38.3. The van der Waals surface area contributed by atoms with Crippen molar-refractivity contribution in [3.8, 4) is 0 Å². The summed E-state index contributed by atoms with van der Waals surface area (Å²) in [5.74, 6) is -6.91. The van der Waals surface area contributed by atoms with Gasteiger partial charge in [-0.1, -0.05) is 88.9 Å².